The van der Waals surface area contributed by atoms with E-state index < -0.39 is 0 Å². The van der Waals surface area contributed by atoms with Crippen LogP contribution < -0.4 is 10.9 Å². The minimum absolute atomic E-state index is 0.0584. The Balaban J connectivity index is 1.62. The second-order valence-electron chi connectivity index (χ2n) is 7.29. The summed E-state index contributed by atoms with van der Waals surface area (Å²) < 4.78 is 2.28. The first-order valence-corrected chi connectivity index (χ1v) is 11.9. The number of benzene rings is 2. The fourth-order valence-corrected chi connectivity index (χ4v) is 5.28. The van der Waals surface area contributed by atoms with E-state index in [0.29, 0.717) is 21.9 Å². The van der Waals surface area contributed by atoms with E-state index in [9.17, 15) is 9.59 Å². The SMILES string of the molecule is CCn1c(SCC(=O)Nc2ccc(C)cc2C)nc2c(-c3ccccc3)csc2c1=O. The zero-order valence-electron chi connectivity index (χ0n) is 17.6. The summed E-state index contributed by atoms with van der Waals surface area (Å²) in [7, 11) is 0. The first-order chi connectivity index (χ1) is 15.0. The molecule has 4 rings (SSSR count). The Bertz CT molecular complexity index is 1310. The van der Waals surface area contributed by atoms with Crippen molar-refractivity contribution in [3.63, 3.8) is 0 Å². The van der Waals surface area contributed by atoms with E-state index in [1.54, 1.807) is 4.57 Å². The van der Waals surface area contributed by atoms with Gasteiger partial charge in [-0.3, -0.25) is 14.2 Å². The number of aromatic nitrogens is 2. The number of hydrogen-bond donors (Lipinski definition) is 1. The van der Waals surface area contributed by atoms with E-state index in [1.165, 1.54) is 23.1 Å². The summed E-state index contributed by atoms with van der Waals surface area (Å²) >= 11 is 2.71. The molecule has 0 fully saturated rings. The number of carbonyl (C=O) groups is 1. The number of thiophene rings is 1. The first kappa shape index (κ1) is 21.3. The van der Waals surface area contributed by atoms with Crippen molar-refractivity contribution in [3.8, 4) is 11.1 Å². The van der Waals surface area contributed by atoms with Crippen LogP contribution in [-0.4, -0.2) is 21.2 Å². The Morgan fingerprint density at radius 2 is 1.94 bits per heavy atom. The molecule has 7 heteroatoms. The smallest absolute Gasteiger partial charge is 0.272 e. The Hall–Kier alpha value is -2.90. The molecule has 0 unspecified atom stereocenters. The van der Waals surface area contributed by atoms with Crippen LogP contribution in [-0.2, 0) is 11.3 Å². The quantitative estimate of drug-likeness (QED) is 0.312. The third-order valence-corrected chi connectivity index (χ3v) is 6.97. The van der Waals surface area contributed by atoms with E-state index >= 15 is 0 Å². The molecule has 0 saturated heterocycles. The maximum absolute atomic E-state index is 13.1. The molecule has 0 spiro atoms. The first-order valence-electron chi connectivity index (χ1n) is 10.0. The maximum atomic E-state index is 13.1. The van der Waals surface area contributed by atoms with Crippen LogP contribution in [0.1, 0.15) is 18.1 Å². The van der Waals surface area contributed by atoms with Crippen molar-refractivity contribution in [1.29, 1.82) is 0 Å². The van der Waals surface area contributed by atoms with Crippen molar-refractivity contribution in [1.82, 2.24) is 9.55 Å². The highest BCUT2D eigenvalue weighted by Crippen LogP contribution is 2.32. The maximum Gasteiger partial charge on any atom is 0.272 e. The Morgan fingerprint density at radius 3 is 2.65 bits per heavy atom. The molecule has 0 saturated carbocycles. The van der Waals surface area contributed by atoms with E-state index in [2.05, 4.69) is 5.32 Å². The summed E-state index contributed by atoms with van der Waals surface area (Å²) in [6.07, 6.45) is 0. The van der Waals surface area contributed by atoms with Gasteiger partial charge in [-0.2, -0.15) is 0 Å². The number of carbonyl (C=O) groups excluding carboxylic acids is 1. The molecule has 31 heavy (non-hydrogen) atoms. The number of rotatable bonds is 6. The number of fused-ring (bicyclic) bond motifs is 1. The Morgan fingerprint density at radius 1 is 1.16 bits per heavy atom. The molecule has 0 aliphatic heterocycles. The molecule has 0 aliphatic carbocycles. The summed E-state index contributed by atoms with van der Waals surface area (Å²) in [4.78, 5) is 30.4. The Labute approximate surface area is 189 Å². The molecule has 0 radical (unpaired) electrons. The van der Waals surface area contributed by atoms with Gasteiger partial charge in [-0.25, -0.2) is 4.98 Å². The van der Waals surface area contributed by atoms with Crippen LogP contribution in [0.3, 0.4) is 0 Å². The van der Waals surface area contributed by atoms with Crippen molar-refractivity contribution >= 4 is 44.9 Å². The molecule has 0 atom stereocenters. The minimum Gasteiger partial charge on any atom is -0.325 e. The van der Waals surface area contributed by atoms with Crippen LogP contribution >= 0.6 is 23.1 Å². The van der Waals surface area contributed by atoms with Gasteiger partial charge in [0.15, 0.2) is 5.16 Å². The fourth-order valence-electron chi connectivity index (χ4n) is 3.46. The molecule has 158 valence electrons. The normalized spacial score (nSPS) is 11.1. The van der Waals surface area contributed by atoms with Crippen LogP contribution in [0.4, 0.5) is 5.69 Å². The van der Waals surface area contributed by atoms with E-state index in [0.717, 1.165) is 27.9 Å². The summed E-state index contributed by atoms with van der Waals surface area (Å²) in [6, 6.07) is 15.9. The third kappa shape index (κ3) is 4.43. The molecule has 1 amide bonds. The van der Waals surface area contributed by atoms with Gasteiger partial charge in [0.1, 0.15) is 4.70 Å². The predicted octanol–water partition coefficient (Wildman–Crippen LogP) is 5.49. The topological polar surface area (TPSA) is 64.0 Å². The highest BCUT2D eigenvalue weighted by atomic mass is 32.2. The van der Waals surface area contributed by atoms with Crippen LogP contribution in [0.25, 0.3) is 21.3 Å². The largest absolute Gasteiger partial charge is 0.325 e. The average molecular weight is 450 g/mol. The van der Waals surface area contributed by atoms with Gasteiger partial charge in [-0.15, -0.1) is 11.3 Å². The van der Waals surface area contributed by atoms with Crippen LogP contribution in [0.2, 0.25) is 0 Å². The predicted molar refractivity (Wildman–Crippen MR) is 130 cm³/mol. The number of aryl methyl sites for hydroxylation is 2. The molecule has 2 aromatic carbocycles. The lowest BCUT2D eigenvalue weighted by molar-refractivity contribution is -0.113. The number of nitrogens with one attached hydrogen (secondary N) is 1. The highest BCUT2D eigenvalue weighted by molar-refractivity contribution is 7.99. The number of anilines is 1. The fraction of sp³-hybridized carbons (Fsp3) is 0.208. The van der Waals surface area contributed by atoms with E-state index in [1.807, 2.05) is 74.7 Å². The van der Waals surface area contributed by atoms with Crippen molar-refractivity contribution in [2.24, 2.45) is 0 Å². The van der Waals surface area contributed by atoms with Crippen LogP contribution in [0.5, 0.6) is 0 Å². The highest BCUT2D eigenvalue weighted by Gasteiger charge is 2.17. The second-order valence-corrected chi connectivity index (χ2v) is 9.11. The molecular formula is C24H23N3O2S2. The van der Waals surface area contributed by atoms with Gasteiger partial charge >= 0.3 is 0 Å². The molecule has 2 heterocycles. The van der Waals surface area contributed by atoms with Gasteiger partial charge in [0.2, 0.25) is 5.91 Å². The van der Waals surface area contributed by atoms with Gasteiger partial charge in [0.25, 0.3) is 5.56 Å². The van der Waals surface area contributed by atoms with Gasteiger partial charge in [-0.05, 0) is 38.0 Å². The summed E-state index contributed by atoms with van der Waals surface area (Å²) in [6.45, 7) is 6.41. The van der Waals surface area contributed by atoms with Gasteiger partial charge in [0.05, 0.1) is 11.3 Å². The molecule has 5 nitrogen and oxygen atoms in total. The lowest BCUT2D eigenvalue weighted by Crippen LogP contribution is -2.23. The number of thioether (sulfide) groups is 1. The van der Waals surface area contributed by atoms with Crippen molar-refractivity contribution in [3.05, 3.63) is 75.4 Å². The molecular weight excluding hydrogens is 426 g/mol. The minimum atomic E-state index is -0.123. The van der Waals surface area contributed by atoms with Crippen LogP contribution in [0.15, 0.2) is 63.9 Å². The van der Waals surface area contributed by atoms with Crippen molar-refractivity contribution in [2.75, 3.05) is 11.1 Å². The molecule has 1 N–H and O–H groups in total. The van der Waals surface area contributed by atoms with Crippen molar-refractivity contribution in [2.45, 2.75) is 32.5 Å². The van der Waals surface area contributed by atoms with E-state index in [-0.39, 0.29) is 17.2 Å². The number of hydrogen-bond acceptors (Lipinski definition) is 5. The van der Waals surface area contributed by atoms with E-state index in [4.69, 9.17) is 4.98 Å². The molecule has 0 aliphatic rings. The second kappa shape index (κ2) is 9.08. The number of amides is 1. The lowest BCUT2D eigenvalue weighted by atomic mass is 10.1. The average Bonchev–Trinajstić information content (AvgIpc) is 3.19. The lowest BCUT2D eigenvalue weighted by Gasteiger charge is -2.12. The zero-order valence-corrected chi connectivity index (χ0v) is 19.3. The Kier molecular flexibility index (Phi) is 6.25. The summed E-state index contributed by atoms with van der Waals surface area (Å²) in [5, 5.41) is 5.50. The third-order valence-electron chi connectivity index (χ3n) is 5.03. The van der Waals surface area contributed by atoms with Crippen LogP contribution in [0, 0.1) is 13.8 Å². The summed E-state index contributed by atoms with van der Waals surface area (Å²) in [5.74, 6) is 0.0540. The zero-order chi connectivity index (χ0) is 22.0. The standard InChI is InChI=1S/C24H23N3O2S2/c1-4-27-23(29)22-21(18(13-30-22)17-8-6-5-7-9-17)26-24(27)31-14-20(28)25-19-11-10-15(2)12-16(19)3/h5-13H,4,14H2,1-3H3,(H,25,28). The molecule has 4 aromatic rings. The number of nitrogens with zero attached hydrogens (tertiary/aromatic N) is 2. The van der Waals surface area contributed by atoms with Gasteiger partial charge < -0.3 is 5.32 Å². The molecule has 2 aromatic heterocycles. The van der Waals surface area contributed by atoms with Crippen molar-refractivity contribution < 1.29 is 4.79 Å². The monoisotopic (exact) mass is 449 g/mol. The van der Waals surface area contributed by atoms with Gasteiger partial charge in [0, 0.05) is 23.2 Å². The van der Waals surface area contributed by atoms with Gasteiger partial charge in [-0.1, -0.05) is 59.8 Å². The summed E-state index contributed by atoms with van der Waals surface area (Å²) in [5.41, 5.74) is 5.59. The molecule has 0 bridgehead atoms.